The first-order valence-corrected chi connectivity index (χ1v) is 13.2. The number of nitrogens with two attached hydrogens (primary N) is 1. The van der Waals surface area contributed by atoms with Crippen LogP contribution >= 0.6 is 0 Å². The molecule has 0 spiro atoms. The van der Waals surface area contributed by atoms with Crippen molar-refractivity contribution in [1.29, 1.82) is 0 Å². The van der Waals surface area contributed by atoms with Crippen LogP contribution in [0, 0.1) is 6.92 Å². The fraction of sp³-hybridized carbons (Fsp3) is 0.464. The van der Waals surface area contributed by atoms with Crippen LogP contribution in [0.2, 0.25) is 0 Å². The van der Waals surface area contributed by atoms with E-state index in [-0.39, 0.29) is 12.1 Å². The van der Waals surface area contributed by atoms with Gasteiger partial charge >= 0.3 is 6.03 Å². The number of likely N-dealkylation sites (tertiary alicyclic amines) is 1. The molecule has 2 amide bonds. The molecular weight excluding hydrogens is 482 g/mol. The van der Waals surface area contributed by atoms with E-state index in [2.05, 4.69) is 31.8 Å². The van der Waals surface area contributed by atoms with Crippen molar-refractivity contribution in [2.45, 2.75) is 45.2 Å². The van der Waals surface area contributed by atoms with Gasteiger partial charge in [-0.15, -0.1) is 0 Å². The van der Waals surface area contributed by atoms with Crippen LogP contribution < -0.4 is 25.4 Å². The topological polar surface area (TPSA) is 111 Å². The van der Waals surface area contributed by atoms with E-state index in [9.17, 15) is 4.79 Å². The minimum Gasteiger partial charge on any atom is -0.493 e. The summed E-state index contributed by atoms with van der Waals surface area (Å²) in [6.45, 7) is 5.79. The number of aryl methyl sites for hydroxylation is 2. The number of imidazole rings is 1. The maximum Gasteiger partial charge on any atom is 0.322 e. The number of amides is 2. The molecular formula is C28H39N7O3. The summed E-state index contributed by atoms with van der Waals surface area (Å²) in [5.74, 6) is 1.73. The number of nitrogens with zero attached hydrogens (tertiary/aromatic N) is 5. The van der Waals surface area contributed by atoms with Crippen molar-refractivity contribution in [2.24, 2.45) is 0 Å². The first kappa shape index (κ1) is 27.3. The molecule has 4 rings (SSSR count). The minimum atomic E-state index is -0.0899. The Morgan fingerprint density at radius 3 is 2.74 bits per heavy atom. The lowest BCUT2D eigenvalue weighted by Crippen LogP contribution is -2.50. The van der Waals surface area contributed by atoms with E-state index in [1.807, 2.05) is 54.7 Å². The fourth-order valence-electron chi connectivity index (χ4n) is 4.75. The third-order valence-corrected chi connectivity index (χ3v) is 6.96. The standard InChI is InChI=1S/C28H39N7O3/c1-21-19-30-20-34(21)13-4-11-32-28(36)35(23-8-14-33(2)15-9-23)24-5-6-25(26(18-24)37-3)38-16-10-22-7-12-31-27(29)17-22/h5-7,12,17-20,23H,4,8-11,13-16H2,1-3H3,(H2,29,31)(H,32,36). The maximum absolute atomic E-state index is 13.5. The predicted octanol–water partition coefficient (Wildman–Crippen LogP) is 3.50. The molecule has 1 saturated heterocycles. The molecule has 38 heavy (non-hydrogen) atoms. The second-order valence-electron chi connectivity index (χ2n) is 9.74. The van der Waals surface area contributed by atoms with Gasteiger partial charge in [-0.3, -0.25) is 4.90 Å². The van der Waals surface area contributed by atoms with Gasteiger partial charge in [-0.1, -0.05) is 0 Å². The molecule has 0 unspecified atom stereocenters. The molecule has 3 aromatic rings. The summed E-state index contributed by atoms with van der Waals surface area (Å²) in [6, 6.07) is 9.50. The lowest BCUT2D eigenvalue weighted by atomic mass is 10.0. The predicted molar refractivity (Wildman–Crippen MR) is 149 cm³/mol. The summed E-state index contributed by atoms with van der Waals surface area (Å²) < 4.78 is 13.8. The average Bonchev–Trinajstić information content (AvgIpc) is 3.33. The van der Waals surface area contributed by atoms with Crippen LogP contribution in [0.4, 0.5) is 16.3 Å². The van der Waals surface area contributed by atoms with Crippen molar-refractivity contribution < 1.29 is 14.3 Å². The number of ether oxygens (including phenoxy) is 2. The largest absolute Gasteiger partial charge is 0.493 e. The number of benzene rings is 1. The average molecular weight is 522 g/mol. The molecule has 3 N–H and O–H groups in total. The van der Waals surface area contributed by atoms with E-state index in [0.717, 1.165) is 55.8 Å². The van der Waals surface area contributed by atoms with Gasteiger partial charge in [0, 0.05) is 55.4 Å². The van der Waals surface area contributed by atoms with Gasteiger partial charge in [0.15, 0.2) is 11.5 Å². The quantitative estimate of drug-likeness (QED) is 0.372. The normalized spacial score (nSPS) is 14.3. The Hall–Kier alpha value is -3.79. The van der Waals surface area contributed by atoms with Gasteiger partial charge in [-0.2, -0.15) is 0 Å². The molecule has 1 aliphatic rings. The smallest absolute Gasteiger partial charge is 0.322 e. The zero-order valence-corrected chi connectivity index (χ0v) is 22.6. The number of carbonyl (C=O) groups is 1. The summed E-state index contributed by atoms with van der Waals surface area (Å²) in [4.78, 5) is 25.9. The first-order valence-electron chi connectivity index (χ1n) is 13.2. The van der Waals surface area contributed by atoms with Gasteiger partial charge < -0.3 is 30.0 Å². The van der Waals surface area contributed by atoms with Gasteiger partial charge in [0.25, 0.3) is 0 Å². The van der Waals surface area contributed by atoms with Crippen LogP contribution in [0.3, 0.4) is 0 Å². The Labute approximate surface area is 224 Å². The Bertz CT molecular complexity index is 1190. The lowest BCUT2D eigenvalue weighted by molar-refractivity contribution is 0.226. The highest BCUT2D eigenvalue weighted by Crippen LogP contribution is 2.34. The van der Waals surface area contributed by atoms with Crippen LogP contribution in [-0.2, 0) is 13.0 Å². The molecule has 1 aliphatic heterocycles. The maximum atomic E-state index is 13.5. The molecule has 1 aromatic carbocycles. The van der Waals surface area contributed by atoms with Crippen molar-refractivity contribution >= 4 is 17.5 Å². The summed E-state index contributed by atoms with van der Waals surface area (Å²) in [6.07, 6.45) is 8.70. The van der Waals surface area contributed by atoms with Crippen LogP contribution in [0.5, 0.6) is 11.5 Å². The SMILES string of the molecule is COc1cc(N(C(=O)NCCCn2cncc2C)C2CCN(C)CC2)ccc1OCCc1ccnc(N)c1. The highest BCUT2D eigenvalue weighted by molar-refractivity contribution is 5.93. The first-order chi connectivity index (χ1) is 18.4. The summed E-state index contributed by atoms with van der Waals surface area (Å²) in [7, 11) is 3.74. The highest BCUT2D eigenvalue weighted by Gasteiger charge is 2.29. The van der Waals surface area contributed by atoms with E-state index >= 15 is 0 Å². The summed E-state index contributed by atoms with van der Waals surface area (Å²) in [5, 5.41) is 3.13. The molecule has 10 nitrogen and oxygen atoms in total. The van der Waals surface area contributed by atoms with Crippen LogP contribution in [0.15, 0.2) is 49.1 Å². The van der Waals surface area contributed by atoms with Crippen LogP contribution in [-0.4, -0.2) is 71.9 Å². The molecule has 0 saturated carbocycles. The van der Waals surface area contributed by atoms with E-state index in [1.54, 1.807) is 13.3 Å². The van der Waals surface area contributed by atoms with E-state index in [0.29, 0.717) is 36.9 Å². The number of nitrogen functional groups attached to an aromatic ring is 1. The van der Waals surface area contributed by atoms with Crippen LogP contribution in [0.25, 0.3) is 0 Å². The summed E-state index contributed by atoms with van der Waals surface area (Å²) in [5.41, 5.74) is 8.75. The number of hydrogen-bond acceptors (Lipinski definition) is 7. The number of aromatic nitrogens is 3. The number of piperidine rings is 1. The van der Waals surface area contributed by atoms with Gasteiger partial charge in [0.1, 0.15) is 5.82 Å². The molecule has 10 heteroatoms. The zero-order chi connectivity index (χ0) is 26.9. The molecule has 0 bridgehead atoms. The van der Waals surface area contributed by atoms with Gasteiger partial charge in [-0.25, -0.2) is 14.8 Å². The lowest BCUT2D eigenvalue weighted by Gasteiger charge is -2.37. The number of methoxy groups -OCH3 is 1. The van der Waals surface area contributed by atoms with Crippen molar-refractivity contribution in [2.75, 3.05) is 51.0 Å². The van der Waals surface area contributed by atoms with Gasteiger partial charge in [-0.05, 0) is 76.2 Å². The monoisotopic (exact) mass is 521 g/mol. The molecule has 204 valence electrons. The van der Waals surface area contributed by atoms with Crippen molar-refractivity contribution in [3.05, 3.63) is 60.3 Å². The van der Waals surface area contributed by atoms with Crippen molar-refractivity contribution in [3.8, 4) is 11.5 Å². The van der Waals surface area contributed by atoms with E-state index in [4.69, 9.17) is 15.2 Å². The van der Waals surface area contributed by atoms with Crippen molar-refractivity contribution in [3.63, 3.8) is 0 Å². The number of carbonyl (C=O) groups excluding carboxylic acids is 1. The molecule has 0 atom stereocenters. The van der Waals surface area contributed by atoms with Gasteiger partial charge in [0.05, 0.1) is 20.0 Å². The number of nitrogens with one attached hydrogen (secondary N) is 1. The number of urea groups is 1. The summed E-state index contributed by atoms with van der Waals surface area (Å²) >= 11 is 0. The third kappa shape index (κ3) is 7.16. The molecule has 1 fully saturated rings. The second kappa shape index (κ2) is 13.1. The molecule has 3 heterocycles. The molecule has 2 aromatic heterocycles. The Kier molecular flexibility index (Phi) is 9.42. The Morgan fingerprint density at radius 2 is 2.03 bits per heavy atom. The number of hydrogen-bond donors (Lipinski definition) is 2. The number of rotatable bonds is 11. The Balaban J connectivity index is 1.43. The Morgan fingerprint density at radius 1 is 1.21 bits per heavy atom. The minimum absolute atomic E-state index is 0.0899. The molecule has 0 radical (unpaired) electrons. The zero-order valence-electron chi connectivity index (χ0n) is 22.6. The third-order valence-electron chi connectivity index (χ3n) is 6.96. The van der Waals surface area contributed by atoms with E-state index in [1.165, 1.54) is 0 Å². The highest BCUT2D eigenvalue weighted by atomic mass is 16.5. The van der Waals surface area contributed by atoms with E-state index < -0.39 is 0 Å². The van der Waals surface area contributed by atoms with Gasteiger partial charge in [0.2, 0.25) is 0 Å². The number of anilines is 2. The molecule has 0 aliphatic carbocycles. The van der Waals surface area contributed by atoms with Crippen LogP contribution in [0.1, 0.15) is 30.5 Å². The fourth-order valence-corrected chi connectivity index (χ4v) is 4.75. The number of pyridine rings is 1. The van der Waals surface area contributed by atoms with Crippen molar-refractivity contribution in [1.82, 2.24) is 24.8 Å². The second-order valence-corrected chi connectivity index (χ2v) is 9.74.